The van der Waals surface area contributed by atoms with E-state index in [-0.39, 0.29) is 13.1 Å². The molecular formula is C20H22N2O5. The molecule has 0 spiro atoms. The molecule has 0 aliphatic carbocycles. The standard InChI is InChI=1S/C20H22N2O5/c1-20(2,3)27-19(25)21-10-11-22-17(23)13-7-5-6-12-15(26-4)9-8-14(16(12)13)18(22)24/h5-9H,10-11H2,1-4H3,(H,21,25). The number of hydrogen-bond donors (Lipinski definition) is 1. The number of imide groups is 1. The number of ether oxygens (including phenoxy) is 2. The molecule has 0 aromatic heterocycles. The quantitative estimate of drug-likeness (QED) is 0.837. The first-order valence-corrected chi connectivity index (χ1v) is 8.65. The topological polar surface area (TPSA) is 84.9 Å². The van der Waals surface area contributed by atoms with Crippen molar-refractivity contribution in [3.05, 3.63) is 41.5 Å². The lowest BCUT2D eigenvalue weighted by Crippen LogP contribution is -2.45. The van der Waals surface area contributed by atoms with Crippen molar-refractivity contribution in [3.8, 4) is 5.75 Å². The monoisotopic (exact) mass is 370 g/mol. The van der Waals surface area contributed by atoms with Crippen LogP contribution in [0, 0.1) is 0 Å². The zero-order valence-electron chi connectivity index (χ0n) is 15.8. The van der Waals surface area contributed by atoms with Gasteiger partial charge >= 0.3 is 6.09 Å². The molecule has 0 saturated heterocycles. The fraction of sp³-hybridized carbons (Fsp3) is 0.350. The molecule has 0 unspecified atom stereocenters. The Balaban J connectivity index is 1.82. The van der Waals surface area contributed by atoms with Gasteiger partial charge in [0.25, 0.3) is 11.8 Å². The maximum absolute atomic E-state index is 12.8. The molecule has 1 aliphatic heterocycles. The molecule has 1 aliphatic rings. The van der Waals surface area contributed by atoms with Gasteiger partial charge in [0, 0.05) is 35.0 Å². The number of alkyl carbamates (subject to hydrolysis) is 1. The number of methoxy groups -OCH3 is 1. The maximum Gasteiger partial charge on any atom is 0.407 e. The number of hydrogen-bond acceptors (Lipinski definition) is 5. The molecule has 1 heterocycles. The number of amides is 3. The highest BCUT2D eigenvalue weighted by atomic mass is 16.6. The van der Waals surface area contributed by atoms with Crippen LogP contribution in [0.1, 0.15) is 41.5 Å². The molecule has 1 N–H and O–H groups in total. The van der Waals surface area contributed by atoms with E-state index in [0.29, 0.717) is 22.3 Å². The maximum atomic E-state index is 12.8. The van der Waals surface area contributed by atoms with Crippen LogP contribution < -0.4 is 10.1 Å². The van der Waals surface area contributed by atoms with Crippen molar-refractivity contribution in [1.29, 1.82) is 0 Å². The van der Waals surface area contributed by atoms with Crippen LogP contribution in [0.15, 0.2) is 30.3 Å². The molecule has 0 bridgehead atoms. The van der Waals surface area contributed by atoms with E-state index in [4.69, 9.17) is 9.47 Å². The molecule has 0 atom stereocenters. The van der Waals surface area contributed by atoms with Crippen molar-refractivity contribution in [2.75, 3.05) is 20.2 Å². The van der Waals surface area contributed by atoms with Gasteiger partial charge in [-0.3, -0.25) is 14.5 Å². The molecule has 0 fully saturated rings. The molecule has 0 radical (unpaired) electrons. The number of rotatable bonds is 4. The van der Waals surface area contributed by atoms with E-state index >= 15 is 0 Å². The second-order valence-corrected chi connectivity index (χ2v) is 7.23. The average Bonchev–Trinajstić information content (AvgIpc) is 2.60. The summed E-state index contributed by atoms with van der Waals surface area (Å²) in [6.07, 6.45) is -0.591. The fourth-order valence-electron chi connectivity index (χ4n) is 3.08. The Morgan fingerprint density at radius 3 is 2.37 bits per heavy atom. The van der Waals surface area contributed by atoms with E-state index in [0.717, 1.165) is 10.3 Å². The number of benzene rings is 2. The Morgan fingerprint density at radius 2 is 1.74 bits per heavy atom. The predicted octanol–water partition coefficient (Wildman–Crippen LogP) is 2.97. The van der Waals surface area contributed by atoms with Gasteiger partial charge in [-0.25, -0.2) is 4.79 Å². The Morgan fingerprint density at radius 1 is 1.07 bits per heavy atom. The predicted molar refractivity (Wildman–Crippen MR) is 100 cm³/mol. The van der Waals surface area contributed by atoms with Crippen LogP contribution in [0.2, 0.25) is 0 Å². The molecule has 0 saturated carbocycles. The molecule has 142 valence electrons. The van der Waals surface area contributed by atoms with Gasteiger partial charge in [-0.1, -0.05) is 12.1 Å². The number of nitrogens with zero attached hydrogens (tertiary/aromatic N) is 1. The van der Waals surface area contributed by atoms with Crippen LogP contribution in [0.3, 0.4) is 0 Å². The summed E-state index contributed by atoms with van der Waals surface area (Å²) in [4.78, 5) is 38.6. The highest BCUT2D eigenvalue weighted by Gasteiger charge is 2.33. The number of carbonyl (C=O) groups excluding carboxylic acids is 3. The van der Waals surface area contributed by atoms with Crippen LogP contribution in [-0.2, 0) is 4.74 Å². The molecule has 2 aromatic carbocycles. The van der Waals surface area contributed by atoms with Crippen molar-refractivity contribution in [1.82, 2.24) is 10.2 Å². The van der Waals surface area contributed by atoms with Crippen LogP contribution in [-0.4, -0.2) is 48.6 Å². The number of nitrogens with one attached hydrogen (secondary N) is 1. The summed E-state index contributed by atoms with van der Waals surface area (Å²) in [6.45, 7) is 5.44. The van der Waals surface area contributed by atoms with E-state index in [1.54, 1.807) is 52.1 Å². The smallest absolute Gasteiger partial charge is 0.407 e. The zero-order chi connectivity index (χ0) is 19.8. The van der Waals surface area contributed by atoms with Gasteiger partial charge in [-0.15, -0.1) is 0 Å². The van der Waals surface area contributed by atoms with E-state index < -0.39 is 23.5 Å². The molecule has 27 heavy (non-hydrogen) atoms. The van der Waals surface area contributed by atoms with Gasteiger partial charge in [0.2, 0.25) is 0 Å². The molecule has 7 heteroatoms. The lowest BCUT2D eigenvalue weighted by molar-refractivity contribution is 0.0496. The van der Waals surface area contributed by atoms with Gasteiger partial charge in [-0.2, -0.15) is 0 Å². The average molecular weight is 370 g/mol. The second-order valence-electron chi connectivity index (χ2n) is 7.23. The Hall–Kier alpha value is -3.09. The second kappa shape index (κ2) is 6.90. The molecule has 3 amide bonds. The van der Waals surface area contributed by atoms with Crippen molar-refractivity contribution < 1.29 is 23.9 Å². The SMILES string of the molecule is COc1ccc2c3c(cccc13)C(=O)N(CCNC(=O)OC(C)(C)C)C2=O. The minimum atomic E-state index is -0.617. The normalized spacial score (nSPS) is 13.7. The molecule has 2 aromatic rings. The van der Waals surface area contributed by atoms with E-state index in [1.165, 1.54) is 0 Å². The first-order chi connectivity index (χ1) is 12.7. The molecule has 7 nitrogen and oxygen atoms in total. The summed E-state index contributed by atoms with van der Waals surface area (Å²) in [5.41, 5.74) is 0.269. The summed E-state index contributed by atoms with van der Waals surface area (Å²) in [5, 5.41) is 3.89. The Labute approximate surface area is 157 Å². The minimum Gasteiger partial charge on any atom is -0.496 e. The third-order valence-electron chi connectivity index (χ3n) is 4.18. The van der Waals surface area contributed by atoms with Gasteiger partial charge < -0.3 is 14.8 Å². The number of carbonyl (C=O) groups is 3. The van der Waals surface area contributed by atoms with Gasteiger partial charge in [0.15, 0.2) is 0 Å². The van der Waals surface area contributed by atoms with Crippen LogP contribution in [0.4, 0.5) is 4.79 Å². The third kappa shape index (κ3) is 3.58. The van der Waals surface area contributed by atoms with Crippen molar-refractivity contribution in [3.63, 3.8) is 0 Å². The summed E-state index contributed by atoms with van der Waals surface area (Å²) >= 11 is 0. The van der Waals surface area contributed by atoms with E-state index in [9.17, 15) is 14.4 Å². The minimum absolute atomic E-state index is 0.0543. The highest BCUT2D eigenvalue weighted by Crippen LogP contribution is 2.35. The van der Waals surface area contributed by atoms with E-state index in [2.05, 4.69) is 5.32 Å². The van der Waals surface area contributed by atoms with Crippen LogP contribution in [0.25, 0.3) is 10.8 Å². The highest BCUT2D eigenvalue weighted by molar-refractivity contribution is 6.26. The van der Waals surface area contributed by atoms with Crippen molar-refractivity contribution in [2.24, 2.45) is 0 Å². The summed E-state index contributed by atoms with van der Waals surface area (Å²) < 4.78 is 10.5. The fourth-order valence-corrected chi connectivity index (χ4v) is 3.08. The largest absolute Gasteiger partial charge is 0.496 e. The first kappa shape index (κ1) is 18.7. The lowest BCUT2D eigenvalue weighted by Gasteiger charge is -2.28. The summed E-state index contributed by atoms with van der Waals surface area (Å²) in [6, 6.07) is 8.64. The third-order valence-corrected chi connectivity index (χ3v) is 4.18. The Kier molecular flexibility index (Phi) is 4.78. The molecular weight excluding hydrogens is 348 g/mol. The van der Waals surface area contributed by atoms with Crippen LogP contribution >= 0.6 is 0 Å². The van der Waals surface area contributed by atoms with Gasteiger partial charge in [0.1, 0.15) is 11.4 Å². The lowest BCUT2D eigenvalue weighted by atomic mass is 9.93. The molecule has 3 rings (SSSR count). The summed E-state index contributed by atoms with van der Waals surface area (Å²) in [5.74, 6) is -0.175. The van der Waals surface area contributed by atoms with Crippen LogP contribution in [0.5, 0.6) is 5.75 Å². The van der Waals surface area contributed by atoms with Crippen molar-refractivity contribution in [2.45, 2.75) is 26.4 Å². The zero-order valence-corrected chi connectivity index (χ0v) is 15.8. The Bertz CT molecular complexity index is 908. The van der Waals surface area contributed by atoms with Gasteiger partial charge in [-0.05, 0) is 39.0 Å². The van der Waals surface area contributed by atoms with Gasteiger partial charge in [0.05, 0.1) is 7.11 Å². The van der Waals surface area contributed by atoms with E-state index in [1.807, 2.05) is 6.07 Å². The van der Waals surface area contributed by atoms with Crippen molar-refractivity contribution >= 4 is 28.7 Å². The first-order valence-electron chi connectivity index (χ1n) is 8.65. The summed E-state index contributed by atoms with van der Waals surface area (Å²) in [7, 11) is 1.55.